The third-order valence-electron chi connectivity index (χ3n) is 2.67. The summed E-state index contributed by atoms with van der Waals surface area (Å²) >= 11 is 0. The predicted molar refractivity (Wildman–Crippen MR) is 71.1 cm³/mol. The molecule has 2 aromatic rings. The van der Waals surface area contributed by atoms with Crippen molar-refractivity contribution in [1.82, 2.24) is 9.55 Å². The van der Waals surface area contributed by atoms with Crippen LogP contribution in [0.25, 0.3) is 0 Å². The van der Waals surface area contributed by atoms with Gasteiger partial charge in [0.2, 0.25) is 5.91 Å². The number of imidazole rings is 1. The number of nitrogens with two attached hydrogens (primary N) is 1. The summed E-state index contributed by atoms with van der Waals surface area (Å²) in [6.45, 7) is 2.54. The Kier molecular flexibility index (Phi) is 3.62. The van der Waals surface area contributed by atoms with Crippen LogP contribution in [0.15, 0.2) is 36.7 Å². The van der Waals surface area contributed by atoms with E-state index >= 15 is 0 Å². The third kappa shape index (κ3) is 3.10. The number of nitrogen functional groups attached to an aromatic ring is 1. The van der Waals surface area contributed by atoms with Crippen LogP contribution in [0.4, 0.5) is 11.4 Å². The predicted octanol–water partition coefficient (Wildman–Crippen LogP) is 1.80. The number of hydrogen-bond acceptors (Lipinski definition) is 3. The van der Waals surface area contributed by atoms with Crippen molar-refractivity contribution in [3.63, 3.8) is 0 Å². The highest BCUT2D eigenvalue weighted by Gasteiger charge is 2.04. The van der Waals surface area contributed by atoms with Gasteiger partial charge in [-0.3, -0.25) is 4.79 Å². The molecule has 0 aliphatic carbocycles. The van der Waals surface area contributed by atoms with Gasteiger partial charge in [-0.25, -0.2) is 4.98 Å². The van der Waals surface area contributed by atoms with Gasteiger partial charge in [-0.1, -0.05) is 6.07 Å². The molecule has 1 aromatic carbocycles. The molecule has 1 heterocycles. The molecule has 1 aromatic heterocycles. The van der Waals surface area contributed by atoms with E-state index in [2.05, 4.69) is 10.3 Å². The normalized spacial score (nSPS) is 10.3. The van der Waals surface area contributed by atoms with Crippen LogP contribution < -0.4 is 11.1 Å². The fourth-order valence-electron chi connectivity index (χ4n) is 1.70. The summed E-state index contributed by atoms with van der Waals surface area (Å²) in [5.41, 5.74) is 7.00. The van der Waals surface area contributed by atoms with E-state index < -0.39 is 0 Å². The highest BCUT2D eigenvalue weighted by molar-refractivity contribution is 5.91. The molecule has 0 aliphatic heterocycles. The molecule has 0 saturated heterocycles. The van der Waals surface area contributed by atoms with Crippen LogP contribution in [0.3, 0.4) is 0 Å². The van der Waals surface area contributed by atoms with Gasteiger partial charge in [0, 0.05) is 36.7 Å². The highest BCUT2D eigenvalue weighted by Crippen LogP contribution is 2.12. The average Bonchev–Trinajstić information content (AvgIpc) is 2.72. The van der Waals surface area contributed by atoms with Crippen molar-refractivity contribution >= 4 is 17.3 Å². The molecule has 3 N–H and O–H groups in total. The van der Waals surface area contributed by atoms with Crippen molar-refractivity contribution in [2.24, 2.45) is 0 Å². The van der Waals surface area contributed by atoms with Crippen LogP contribution in [-0.2, 0) is 11.3 Å². The Bertz CT molecular complexity index is 547. The molecule has 0 unspecified atom stereocenters. The molecule has 0 saturated carbocycles. The minimum atomic E-state index is -0.0336. The van der Waals surface area contributed by atoms with Gasteiger partial charge in [0.1, 0.15) is 5.82 Å². The molecule has 0 radical (unpaired) electrons. The molecule has 18 heavy (non-hydrogen) atoms. The maximum absolute atomic E-state index is 11.7. The molecule has 5 nitrogen and oxygen atoms in total. The maximum Gasteiger partial charge on any atom is 0.226 e. The molecule has 5 heteroatoms. The maximum atomic E-state index is 11.7. The first-order chi connectivity index (χ1) is 8.65. The van der Waals surface area contributed by atoms with Crippen LogP contribution in [0.2, 0.25) is 0 Å². The van der Waals surface area contributed by atoms with Crippen LogP contribution in [0, 0.1) is 6.92 Å². The van der Waals surface area contributed by atoms with E-state index in [1.807, 2.05) is 29.8 Å². The Morgan fingerprint density at radius 3 is 3.00 bits per heavy atom. The number of nitrogens with one attached hydrogen (secondary N) is 1. The molecule has 94 valence electrons. The van der Waals surface area contributed by atoms with Gasteiger partial charge in [-0.2, -0.15) is 0 Å². The van der Waals surface area contributed by atoms with Crippen molar-refractivity contribution in [3.05, 3.63) is 42.5 Å². The number of carbonyl (C=O) groups is 1. The highest BCUT2D eigenvalue weighted by atomic mass is 16.1. The number of aromatic nitrogens is 2. The second-order valence-corrected chi connectivity index (χ2v) is 4.09. The number of hydrogen-bond donors (Lipinski definition) is 2. The van der Waals surface area contributed by atoms with Gasteiger partial charge in [0.25, 0.3) is 0 Å². The zero-order valence-electron chi connectivity index (χ0n) is 10.3. The number of benzene rings is 1. The fourth-order valence-corrected chi connectivity index (χ4v) is 1.70. The Hall–Kier alpha value is -2.30. The minimum absolute atomic E-state index is 0.0336. The molecule has 0 atom stereocenters. The van der Waals surface area contributed by atoms with Gasteiger partial charge in [0.15, 0.2) is 0 Å². The van der Waals surface area contributed by atoms with E-state index in [4.69, 9.17) is 5.73 Å². The summed E-state index contributed by atoms with van der Waals surface area (Å²) in [4.78, 5) is 15.8. The minimum Gasteiger partial charge on any atom is -0.399 e. The Morgan fingerprint density at radius 2 is 2.33 bits per heavy atom. The zero-order valence-corrected chi connectivity index (χ0v) is 10.3. The monoisotopic (exact) mass is 244 g/mol. The standard InChI is InChI=1S/C13H16N4O/c1-10-15-6-8-17(10)7-5-13(18)16-12-4-2-3-11(14)9-12/h2-4,6,8-9H,5,7,14H2,1H3,(H,16,18). The Balaban J connectivity index is 1.88. The topological polar surface area (TPSA) is 72.9 Å². The molecule has 1 amide bonds. The number of amides is 1. The SMILES string of the molecule is Cc1nccn1CCC(=O)Nc1cccc(N)c1. The zero-order chi connectivity index (χ0) is 13.0. The van der Waals surface area contributed by atoms with E-state index in [0.717, 1.165) is 11.5 Å². The number of rotatable bonds is 4. The molecule has 2 rings (SSSR count). The second kappa shape index (κ2) is 5.35. The molecule has 0 bridgehead atoms. The lowest BCUT2D eigenvalue weighted by molar-refractivity contribution is -0.116. The van der Waals surface area contributed by atoms with E-state index in [1.54, 1.807) is 18.3 Å². The molecule has 0 spiro atoms. The first kappa shape index (κ1) is 12.2. The van der Waals surface area contributed by atoms with Crippen molar-refractivity contribution < 1.29 is 4.79 Å². The summed E-state index contributed by atoms with van der Waals surface area (Å²) in [7, 11) is 0. The van der Waals surface area contributed by atoms with E-state index in [-0.39, 0.29) is 5.91 Å². The Labute approximate surface area is 106 Å². The van der Waals surface area contributed by atoms with Crippen LogP contribution in [0.5, 0.6) is 0 Å². The number of carbonyl (C=O) groups excluding carboxylic acids is 1. The van der Waals surface area contributed by atoms with Gasteiger partial charge in [0.05, 0.1) is 0 Å². The molecular weight excluding hydrogens is 228 g/mol. The second-order valence-electron chi connectivity index (χ2n) is 4.09. The van der Waals surface area contributed by atoms with Crippen molar-refractivity contribution in [3.8, 4) is 0 Å². The van der Waals surface area contributed by atoms with E-state index in [1.165, 1.54) is 0 Å². The summed E-state index contributed by atoms with van der Waals surface area (Å²) in [5.74, 6) is 0.875. The van der Waals surface area contributed by atoms with E-state index in [0.29, 0.717) is 18.7 Å². The van der Waals surface area contributed by atoms with Crippen LogP contribution in [0.1, 0.15) is 12.2 Å². The summed E-state index contributed by atoms with van der Waals surface area (Å²) in [5, 5.41) is 2.81. The first-order valence-corrected chi connectivity index (χ1v) is 5.78. The van der Waals surface area contributed by atoms with Gasteiger partial charge in [-0.05, 0) is 25.1 Å². The van der Waals surface area contributed by atoms with Gasteiger partial charge < -0.3 is 15.6 Å². The third-order valence-corrected chi connectivity index (χ3v) is 2.67. The van der Waals surface area contributed by atoms with Crippen molar-refractivity contribution in [1.29, 1.82) is 0 Å². The largest absolute Gasteiger partial charge is 0.399 e. The summed E-state index contributed by atoms with van der Waals surface area (Å²) in [6.07, 6.45) is 4.00. The summed E-state index contributed by atoms with van der Waals surface area (Å²) < 4.78 is 1.94. The summed E-state index contributed by atoms with van der Waals surface area (Å²) in [6, 6.07) is 7.15. The fraction of sp³-hybridized carbons (Fsp3) is 0.231. The lowest BCUT2D eigenvalue weighted by atomic mass is 10.2. The average molecular weight is 244 g/mol. The Morgan fingerprint density at radius 1 is 1.50 bits per heavy atom. The van der Waals surface area contributed by atoms with Crippen molar-refractivity contribution in [2.45, 2.75) is 19.9 Å². The van der Waals surface area contributed by atoms with E-state index in [9.17, 15) is 4.79 Å². The van der Waals surface area contributed by atoms with Crippen LogP contribution in [-0.4, -0.2) is 15.5 Å². The molecular formula is C13H16N4O. The van der Waals surface area contributed by atoms with Gasteiger partial charge in [-0.15, -0.1) is 0 Å². The first-order valence-electron chi connectivity index (χ1n) is 5.78. The van der Waals surface area contributed by atoms with Crippen molar-refractivity contribution in [2.75, 3.05) is 11.1 Å². The lowest BCUT2D eigenvalue weighted by Crippen LogP contribution is -2.14. The molecule has 0 aliphatic rings. The smallest absolute Gasteiger partial charge is 0.226 e. The molecule has 0 fully saturated rings. The quantitative estimate of drug-likeness (QED) is 0.805. The number of anilines is 2. The lowest BCUT2D eigenvalue weighted by Gasteiger charge is -2.07. The number of aryl methyl sites for hydroxylation is 2. The van der Waals surface area contributed by atoms with Crippen LogP contribution >= 0.6 is 0 Å². The van der Waals surface area contributed by atoms with Gasteiger partial charge >= 0.3 is 0 Å². The number of nitrogens with zero attached hydrogens (tertiary/aromatic N) is 2.